The van der Waals surface area contributed by atoms with E-state index in [1.54, 1.807) is 6.07 Å². The molecule has 0 aromatic heterocycles. The highest BCUT2D eigenvalue weighted by atomic mass is 19.4. The van der Waals surface area contributed by atoms with Gasteiger partial charge in [0.05, 0.1) is 23.2 Å². The topological polar surface area (TPSA) is 71.4 Å². The molecule has 0 radical (unpaired) electrons. The van der Waals surface area contributed by atoms with Crippen molar-refractivity contribution in [1.29, 1.82) is 5.26 Å². The molecular formula is C31H33F4N5O. The van der Waals surface area contributed by atoms with Crippen molar-refractivity contribution >= 4 is 11.7 Å². The zero-order valence-corrected chi connectivity index (χ0v) is 23.0. The van der Waals surface area contributed by atoms with Gasteiger partial charge in [-0.05, 0) is 66.9 Å². The SMILES string of the molecule is CCCN1CCN([C@H](CNC(=O)Nc2cc(F)cc(C(F)(F)F)c2)c2ccc(-c3cccc(C#N)c3)cc2)[C@@H](C)C1. The molecule has 1 fully saturated rings. The molecule has 3 aromatic carbocycles. The summed E-state index contributed by atoms with van der Waals surface area (Å²) >= 11 is 0. The number of piperazine rings is 1. The molecule has 2 N–H and O–H groups in total. The van der Waals surface area contributed by atoms with Crippen LogP contribution in [0.5, 0.6) is 0 Å². The van der Waals surface area contributed by atoms with Gasteiger partial charge in [0.1, 0.15) is 5.82 Å². The first-order valence-corrected chi connectivity index (χ1v) is 13.6. The van der Waals surface area contributed by atoms with Crippen LogP contribution in [0.25, 0.3) is 11.1 Å². The van der Waals surface area contributed by atoms with Gasteiger partial charge in [0, 0.05) is 37.9 Å². The van der Waals surface area contributed by atoms with Gasteiger partial charge in [0.15, 0.2) is 0 Å². The minimum absolute atomic E-state index is 0.189. The Kier molecular flexibility index (Phi) is 9.63. The number of carbonyl (C=O) groups excluding carboxylic acids is 1. The Hall–Kier alpha value is -3.94. The van der Waals surface area contributed by atoms with Crippen molar-refractivity contribution in [2.75, 3.05) is 38.0 Å². The van der Waals surface area contributed by atoms with Gasteiger partial charge in [0.25, 0.3) is 0 Å². The van der Waals surface area contributed by atoms with Crippen molar-refractivity contribution < 1.29 is 22.4 Å². The van der Waals surface area contributed by atoms with Crippen molar-refractivity contribution in [3.05, 3.63) is 89.2 Å². The van der Waals surface area contributed by atoms with Gasteiger partial charge in [-0.2, -0.15) is 18.4 Å². The van der Waals surface area contributed by atoms with E-state index in [4.69, 9.17) is 0 Å². The van der Waals surface area contributed by atoms with Gasteiger partial charge < -0.3 is 15.5 Å². The van der Waals surface area contributed by atoms with E-state index in [2.05, 4.69) is 40.4 Å². The van der Waals surface area contributed by atoms with Crippen molar-refractivity contribution in [2.45, 2.75) is 38.5 Å². The van der Waals surface area contributed by atoms with E-state index >= 15 is 0 Å². The number of anilines is 1. The third-order valence-corrected chi connectivity index (χ3v) is 7.26. The van der Waals surface area contributed by atoms with Crippen LogP contribution in [0.1, 0.15) is 43.0 Å². The number of hydrogen-bond acceptors (Lipinski definition) is 4. The molecule has 6 nitrogen and oxygen atoms in total. The minimum atomic E-state index is -4.74. The lowest BCUT2D eigenvalue weighted by Gasteiger charge is -2.44. The molecule has 10 heteroatoms. The Morgan fingerprint density at radius 1 is 1.07 bits per heavy atom. The average Bonchev–Trinajstić information content (AvgIpc) is 2.94. The van der Waals surface area contributed by atoms with Crippen molar-refractivity contribution in [1.82, 2.24) is 15.1 Å². The summed E-state index contributed by atoms with van der Waals surface area (Å²) in [6.07, 6.45) is -3.68. The number of nitrogens with one attached hydrogen (secondary N) is 2. The molecule has 2 amide bonds. The number of nitrogens with zero attached hydrogens (tertiary/aromatic N) is 3. The third-order valence-electron chi connectivity index (χ3n) is 7.26. The summed E-state index contributed by atoms with van der Waals surface area (Å²) in [5.41, 5.74) is 1.94. The summed E-state index contributed by atoms with van der Waals surface area (Å²) in [6, 6.07) is 18.6. The summed E-state index contributed by atoms with van der Waals surface area (Å²) < 4.78 is 53.1. The van der Waals surface area contributed by atoms with Crippen LogP contribution in [0.2, 0.25) is 0 Å². The Morgan fingerprint density at radius 3 is 2.49 bits per heavy atom. The number of benzene rings is 3. The molecular weight excluding hydrogens is 534 g/mol. The van der Waals surface area contributed by atoms with E-state index in [1.165, 1.54) is 0 Å². The van der Waals surface area contributed by atoms with Gasteiger partial charge in [-0.3, -0.25) is 4.90 Å². The van der Waals surface area contributed by atoms with E-state index in [9.17, 15) is 27.6 Å². The second-order valence-electron chi connectivity index (χ2n) is 10.3. The first-order chi connectivity index (χ1) is 19.6. The number of halogens is 4. The van der Waals surface area contributed by atoms with E-state index in [0.717, 1.165) is 55.4 Å². The van der Waals surface area contributed by atoms with Gasteiger partial charge in [-0.1, -0.05) is 43.3 Å². The molecule has 216 valence electrons. The van der Waals surface area contributed by atoms with Crippen LogP contribution in [-0.2, 0) is 6.18 Å². The lowest BCUT2D eigenvalue weighted by molar-refractivity contribution is -0.137. The van der Waals surface area contributed by atoms with Gasteiger partial charge in [0.2, 0.25) is 0 Å². The fourth-order valence-corrected chi connectivity index (χ4v) is 5.31. The molecule has 1 heterocycles. The van der Waals surface area contributed by atoms with Crippen LogP contribution in [0.4, 0.5) is 28.0 Å². The molecule has 1 aliphatic heterocycles. The summed E-state index contributed by atoms with van der Waals surface area (Å²) in [7, 11) is 0. The highest BCUT2D eigenvalue weighted by Crippen LogP contribution is 2.32. The molecule has 0 spiro atoms. The van der Waals surface area contributed by atoms with Gasteiger partial charge in [-0.25, -0.2) is 9.18 Å². The third kappa shape index (κ3) is 7.84. The number of alkyl halides is 3. The molecule has 41 heavy (non-hydrogen) atoms. The molecule has 1 aliphatic rings. The minimum Gasteiger partial charge on any atom is -0.336 e. The highest BCUT2D eigenvalue weighted by molar-refractivity contribution is 5.89. The van der Waals surface area contributed by atoms with Crippen molar-refractivity contribution in [2.24, 2.45) is 0 Å². The summed E-state index contributed by atoms with van der Waals surface area (Å²) in [5.74, 6) is -1.09. The first-order valence-electron chi connectivity index (χ1n) is 13.6. The van der Waals surface area contributed by atoms with Crippen LogP contribution in [-0.4, -0.2) is 54.6 Å². The summed E-state index contributed by atoms with van der Waals surface area (Å²) in [4.78, 5) is 17.5. The Labute approximate surface area is 237 Å². The molecule has 0 aliphatic carbocycles. The highest BCUT2D eigenvalue weighted by Gasteiger charge is 2.32. The molecule has 2 atom stereocenters. The Bertz CT molecular complexity index is 1390. The van der Waals surface area contributed by atoms with Crippen LogP contribution >= 0.6 is 0 Å². The van der Waals surface area contributed by atoms with Crippen LogP contribution in [0, 0.1) is 17.1 Å². The largest absolute Gasteiger partial charge is 0.416 e. The Morgan fingerprint density at radius 2 is 1.83 bits per heavy atom. The number of rotatable bonds is 8. The van der Waals surface area contributed by atoms with Crippen LogP contribution in [0.3, 0.4) is 0 Å². The molecule has 0 unspecified atom stereocenters. The molecule has 3 aromatic rings. The standard InChI is InChI=1S/C31H33F4N5O/c1-3-11-39-12-13-40(21(2)20-39)29(24-9-7-23(8-10-24)25-6-4-5-22(14-25)18-36)19-37-30(41)38-28-16-26(31(33,34)35)15-27(32)17-28/h4-10,14-17,21,29H,3,11-13,19-20H2,1-2H3,(H2,37,38,41)/t21-,29+/m0/s1. The van der Waals surface area contributed by atoms with Gasteiger partial charge >= 0.3 is 12.2 Å². The summed E-state index contributed by atoms with van der Waals surface area (Å²) in [5, 5.41) is 14.4. The monoisotopic (exact) mass is 567 g/mol. The van der Waals surface area contributed by atoms with E-state index in [-0.39, 0.29) is 24.3 Å². The molecule has 1 saturated heterocycles. The normalized spacial score (nSPS) is 17.0. The zero-order valence-electron chi connectivity index (χ0n) is 23.0. The lowest BCUT2D eigenvalue weighted by Crippen LogP contribution is -2.54. The fourth-order valence-electron chi connectivity index (χ4n) is 5.31. The second kappa shape index (κ2) is 13.1. The molecule has 4 rings (SSSR count). The van der Waals surface area contributed by atoms with E-state index < -0.39 is 23.6 Å². The van der Waals surface area contributed by atoms with Gasteiger partial charge in [-0.15, -0.1) is 0 Å². The fraction of sp³-hybridized carbons (Fsp3) is 0.355. The van der Waals surface area contributed by atoms with Crippen molar-refractivity contribution in [3.63, 3.8) is 0 Å². The maximum absolute atomic E-state index is 13.8. The predicted molar refractivity (Wildman–Crippen MR) is 151 cm³/mol. The van der Waals surface area contributed by atoms with E-state index in [0.29, 0.717) is 17.7 Å². The number of hydrogen-bond donors (Lipinski definition) is 2. The molecule has 0 bridgehead atoms. The maximum Gasteiger partial charge on any atom is 0.416 e. The first kappa shape index (κ1) is 30.0. The lowest BCUT2D eigenvalue weighted by atomic mass is 9.97. The summed E-state index contributed by atoms with van der Waals surface area (Å²) in [6.45, 7) is 8.01. The van der Waals surface area contributed by atoms with Crippen molar-refractivity contribution in [3.8, 4) is 17.2 Å². The second-order valence-corrected chi connectivity index (χ2v) is 10.3. The van der Waals surface area contributed by atoms with Crippen LogP contribution < -0.4 is 10.6 Å². The molecule has 0 saturated carbocycles. The quantitative estimate of drug-likeness (QED) is 0.299. The smallest absolute Gasteiger partial charge is 0.336 e. The number of carbonyl (C=O) groups is 1. The van der Waals surface area contributed by atoms with E-state index in [1.807, 2.05) is 42.5 Å². The number of nitriles is 1. The maximum atomic E-state index is 13.8. The number of urea groups is 1. The Balaban J connectivity index is 1.53. The predicted octanol–water partition coefficient (Wildman–Crippen LogP) is 6.66. The zero-order chi connectivity index (χ0) is 29.6. The van der Waals surface area contributed by atoms with Crippen LogP contribution in [0.15, 0.2) is 66.7 Å². The average molecular weight is 568 g/mol. The number of amides is 2.